The molecule has 2 heterocycles. The number of nitrogens with one attached hydrogen (secondary N) is 1. The van der Waals surface area contributed by atoms with E-state index < -0.39 is 0 Å². The van der Waals surface area contributed by atoms with Crippen LogP contribution in [0.5, 0.6) is 0 Å². The molecule has 0 amide bonds. The van der Waals surface area contributed by atoms with Crippen molar-refractivity contribution in [3.63, 3.8) is 0 Å². The first kappa shape index (κ1) is 6.12. The first-order valence-electron chi connectivity index (χ1n) is 3.91. The SMILES string of the molecule is C1CC2CPCCC2N1. The molecule has 2 heteroatoms. The van der Waals surface area contributed by atoms with Gasteiger partial charge in [-0.15, -0.1) is 8.58 Å². The Hall–Kier alpha value is 0.390. The molecule has 0 aromatic carbocycles. The van der Waals surface area contributed by atoms with Gasteiger partial charge in [0.1, 0.15) is 0 Å². The second kappa shape index (κ2) is 2.56. The fraction of sp³-hybridized carbons (Fsp3) is 1.00. The lowest BCUT2D eigenvalue weighted by Gasteiger charge is -2.24. The van der Waals surface area contributed by atoms with Crippen molar-refractivity contribution >= 4 is 8.58 Å². The van der Waals surface area contributed by atoms with E-state index in [0.717, 1.165) is 12.0 Å². The molecule has 0 spiro atoms. The normalized spacial score (nSPS) is 45.3. The van der Waals surface area contributed by atoms with Crippen LogP contribution in [0.4, 0.5) is 0 Å². The van der Waals surface area contributed by atoms with Crippen molar-refractivity contribution in [2.24, 2.45) is 5.92 Å². The van der Waals surface area contributed by atoms with Gasteiger partial charge in [0.25, 0.3) is 0 Å². The Morgan fingerprint density at radius 3 is 3.22 bits per heavy atom. The van der Waals surface area contributed by atoms with Crippen molar-refractivity contribution < 1.29 is 0 Å². The van der Waals surface area contributed by atoms with E-state index in [0.29, 0.717) is 0 Å². The zero-order valence-corrected chi connectivity index (χ0v) is 6.69. The molecule has 9 heavy (non-hydrogen) atoms. The van der Waals surface area contributed by atoms with Crippen LogP contribution in [0.15, 0.2) is 0 Å². The van der Waals surface area contributed by atoms with E-state index in [1.807, 2.05) is 0 Å². The smallest absolute Gasteiger partial charge is 0.0102 e. The van der Waals surface area contributed by atoms with Gasteiger partial charge in [-0.3, -0.25) is 0 Å². The molecule has 2 aliphatic heterocycles. The van der Waals surface area contributed by atoms with E-state index in [9.17, 15) is 0 Å². The summed E-state index contributed by atoms with van der Waals surface area (Å²) in [6.45, 7) is 1.29. The van der Waals surface area contributed by atoms with Gasteiger partial charge in [-0.2, -0.15) is 0 Å². The molecule has 2 fully saturated rings. The Kier molecular flexibility index (Phi) is 1.74. The quantitative estimate of drug-likeness (QED) is 0.500. The minimum absolute atomic E-state index is 0.922. The average molecular weight is 143 g/mol. The molecule has 0 aliphatic carbocycles. The molecule has 1 nitrogen and oxygen atoms in total. The lowest BCUT2D eigenvalue weighted by Crippen LogP contribution is -2.31. The molecule has 3 unspecified atom stereocenters. The monoisotopic (exact) mass is 143 g/mol. The van der Waals surface area contributed by atoms with Crippen LogP contribution in [0.2, 0.25) is 0 Å². The van der Waals surface area contributed by atoms with Crippen LogP contribution in [0.25, 0.3) is 0 Å². The number of fused-ring (bicyclic) bond motifs is 1. The molecule has 52 valence electrons. The van der Waals surface area contributed by atoms with Crippen LogP contribution in [0.1, 0.15) is 12.8 Å². The second-order valence-electron chi connectivity index (χ2n) is 3.10. The van der Waals surface area contributed by atoms with E-state index >= 15 is 0 Å². The number of rotatable bonds is 0. The van der Waals surface area contributed by atoms with Crippen LogP contribution >= 0.6 is 8.58 Å². The van der Waals surface area contributed by atoms with Crippen LogP contribution in [0, 0.1) is 5.92 Å². The third-order valence-electron chi connectivity index (χ3n) is 2.53. The predicted octanol–water partition coefficient (Wildman–Crippen LogP) is 1.05. The van der Waals surface area contributed by atoms with Gasteiger partial charge in [-0.25, -0.2) is 0 Å². The predicted molar refractivity (Wildman–Crippen MR) is 42.6 cm³/mol. The molecule has 0 saturated carbocycles. The topological polar surface area (TPSA) is 12.0 Å². The summed E-state index contributed by atoms with van der Waals surface area (Å²) in [4.78, 5) is 0. The fourth-order valence-corrected chi connectivity index (χ4v) is 3.53. The summed E-state index contributed by atoms with van der Waals surface area (Å²) in [6.07, 6.45) is 5.94. The van der Waals surface area contributed by atoms with Crippen LogP contribution in [-0.2, 0) is 0 Å². The summed E-state index contributed by atoms with van der Waals surface area (Å²) in [7, 11) is 1.27. The second-order valence-corrected chi connectivity index (χ2v) is 4.51. The highest BCUT2D eigenvalue weighted by Crippen LogP contribution is 2.32. The third-order valence-corrected chi connectivity index (χ3v) is 3.98. The molecule has 2 saturated heterocycles. The molecule has 2 aliphatic rings. The van der Waals surface area contributed by atoms with E-state index in [-0.39, 0.29) is 0 Å². The molecule has 0 aromatic rings. The molecule has 0 radical (unpaired) electrons. The summed E-state index contributed by atoms with van der Waals surface area (Å²) >= 11 is 0. The van der Waals surface area contributed by atoms with Crippen molar-refractivity contribution in [2.75, 3.05) is 18.9 Å². The summed E-state index contributed by atoms with van der Waals surface area (Å²) < 4.78 is 0. The van der Waals surface area contributed by atoms with Crippen molar-refractivity contribution in [3.8, 4) is 0 Å². The van der Waals surface area contributed by atoms with Crippen molar-refractivity contribution in [1.29, 1.82) is 0 Å². The van der Waals surface area contributed by atoms with Crippen molar-refractivity contribution in [1.82, 2.24) is 5.32 Å². The minimum Gasteiger partial charge on any atom is -0.314 e. The molecular weight excluding hydrogens is 129 g/mol. The standard InChI is InChI=1S/C7H14NP/c1-3-8-7-2-4-9-5-6(1)7/h6-9H,1-5H2. The Morgan fingerprint density at radius 2 is 2.33 bits per heavy atom. The summed E-state index contributed by atoms with van der Waals surface area (Å²) in [6, 6.07) is 0.922. The molecule has 0 aromatic heterocycles. The number of hydrogen-bond acceptors (Lipinski definition) is 1. The Labute approximate surface area is 58.4 Å². The van der Waals surface area contributed by atoms with Crippen LogP contribution < -0.4 is 5.32 Å². The van der Waals surface area contributed by atoms with Gasteiger partial charge in [-0.05, 0) is 37.6 Å². The molecule has 1 N–H and O–H groups in total. The van der Waals surface area contributed by atoms with Gasteiger partial charge >= 0.3 is 0 Å². The minimum atomic E-state index is 0.922. The van der Waals surface area contributed by atoms with Gasteiger partial charge < -0.3 is 5.32 Å². The molecular formula is C7H14NP. The maximum absolute atomic E-state index is 3.56. The highest BCUT2D eigenvalue weighted by Gasteiger charge is 2.28. The highest BCUT2D eigenvalue weighted by molar-refractivity contribution is 7.38. The van der Waals surface area contributed by atoms with Crippen molar-refractivity contribution in [3.05, 3.63) is 0 Å². The maximum Gasteiger partial charge on any atom is 0.0102 e. The summed E-state index contributed by atoms with van der Waals surface area (Å²) in [5.41, 5.74) is 0. The Bertz CT molecular complexity index is 93.1. The first-order chi connectivity index (χ1) is 4.47. The van der Waals surface area contributed by atoms with Crippen molar-refractivity contribution in [2.45, 2.75) is 18.9 Å². The summed E-state index contributed by atoms with van der Waals surface area (Å²) in [5.74, 6) is 1.07. The van der Waals surface area contributed by atoms with E-state index in [4.69, 9.17) is 0 Å². The first-order valence-corrected chi connectivity index (χ1v) is 5.32. The number of hydrogen-bond donors (Lipinski definition) is 1. The Morgan fingerprint density at radius 1 is 1.33 bits per heavy atom. The highest BCUT2D eigenvalue weighted by atomic mass is 31.1. The Balaban J connectivity index is 1.97. The van der Waals surface area contributed by atoms with E-state index in [1.54, 1.807) is 0 Å². The fourth-order valence-electron chi connectivity index (χ4n) is 1.95. The average Bonchev–Trinajstić information content (AvgIpc) is 2.33. The zero-order valence-electron chi connectivity index (χ0n) is 5.69. The maximum atomic E-state index is 3.56. The van der Waals surface area contributed by atoms with Gasteiger partial charge in [0.2, 0.25) is 0 Å². The molecule has 2 rings (SSSR count). The largest absolute Gasteiger partial charge is 0.314 e. The zero-order chi connectivity index (χ0) is 6.10. The van der Waals surface area contributed by atoms with Crippen LogP contribution in [-0.4, -0.2) is 24.9 Å². The molecule has 0 bridgehead atoms. The van der Waals surface area contributed by atoms with E-state index in [2.05, 4.69) is 5.32 Å². The van der Waals surface area contributed by atoms with Gasteiger partial charge in [0, 0.05) is 6.04 Å². The van der Waals surface area contributed by atoms with Gasteiger partial charge in [0.15, 0.2) is 0 Å². The summed E-state index contributed by atoms with van der Waals surface area (Å²) in [5, 5.41) is 3.56. The third kappa shape index (κ3) is 1.13. The lowest BCUT2D eigenvalue weighted by molar-refractivity contribution is 0.465. The molecule has 3 atom stereocenters. The lowest BCUT2D eigenvalue weighted by atomic mass is 10.0. The van der Waals surface area contributed by atoms with Gasteiger partial charge in [0.05, 0.1) is 0 Å². The van der Waals surface area contributed by atoms with Crippen LogP contribution in [0.3, 0.4) is 0 Å². The van der Waals surface area contributed by atoms with Gasteiger partial charge in [-0.1, -0.05) is 0 Å². The van der Waals surface area contributed by atoms with E-state index in [1.165, 1.54) is 40.3 Å².